The van der Waals surface area contributed by atoms with Crippen molar-refractivity contribution in [3.63, 3.8) is 0 Å². The van der Waals surface area contributed by atoms with Gasteiger partial charge in [0.15, 0.2) is 0 Å². The van der Waals surface area contributed by atoms with Crippen LogP contribution in [0.3, 0.4) is 0 Å². The number of fused-ring (bicyclic) bond motifs is 2. The number of esters is 1. The summed E-state index contributed by atoms with van der Waals surface area (Å²) < 4.78 is 5.03. The van der Waals surface area contributed by atoms with Gasteiger partial charge in [0.05, 0.1) is 13.0 Å². The maximum atomic E-state index is 12.2. The molecule has 106 valence electrons. The van der Waals surface area contributed by atoms with E-state index in [0.717, 1.165) is 24.9 Å². The number of nitrogens with zero attached hydrogens (tertiary/aromatic N) is 1. The summed E-state index contributed by atoms with van der Waals surface area (Å²) in [6, 6.07) is 6.56. The number of piperidine rings is 1. The van der Waals surface area contributed by atoms with Crippen LogP contribution < -0.4 is 0 Å². The smallest absolute Gasteiger partial charge is 0.309 e. The molecule has 0 amide bonds. The Morgan fingerprint density at radius 2 is 2.25 bits per heavy atom. The van der Waals surface area contributed by atoms with Crippen LogP contribution in [0, 0.1) is 5.92 Å². The predicted molar refractivity (Wildman–Crippen MR) is 73.3 cm³/mol. The van der Waals surface area contributed by atoms with E-state index in [2.05, 4.69) is 4.90 Å². The topological polar surface area (TPSA) is 49.8 Å². The number of hydrogen-bond acceptors (Lipinski definition) is 4. The van der Waals surface area contributed by atoms with Crippen molar-refractivity contribution in [2.45, 2.75) is 43.8 Å². The third kappa shape index (κ3) is 1.54. The molecular weight excluding hydrogens is 254 g/mol. The predicted octanol–water partition coefficient (Wildman–Crippen LogP) is 2.02. The van der Waals surface area contributed by atoms with Crippen molar-refractivity contribution in [2.24, 2.45) is 5.92 Å². The maximum absolute atomic E-state index is 12.2. The normalized spacial score (nSPS) is 37.4. The van der Waals surface area contributed by atoms with Crippen LogP contribution in [-0.2, 0) is 16.1 Å². The fourth-order valence-electron chi connectivity index (χ4n) is 4.61. The van der Waals surface area contributed by atoms with Gasteiger partial charge in [-0.3, -0.25) is 9.69 Å². The summed E-state index contributed by atoms with van der Waals surface area (Å²) in [5.74, 6) is 0.315. The first-order chi connectivity index (χ1) is 9.69. The largest absolute Gasteiger partial charge is 0.508 e. The SMILES string of the molecule is COC(=O)[C@H]1C[C@H]2CC[C@@H]3[C@H]1c1cc(O)ccc1CN23. The Balaban J connectivity index is 1.84. The van der Waals surface area contributed by atoms with Crippen LogP contribution in [0.4, 0.5) is 0 Å². The number of methoxy groups -OCH3 is 1. The van der Waals surface area contributed by atoms with Crippen molar-refractivity contribution >= 4 is 5.97 Å². The minimum Gasteiger partial charge on any atom is -0.508 e. The van der Waals surface area contributed by atoms with Crippen molar-refractivity contribution in [1.29, 1.82) is 0 Å². The zero-order valence-electron chi connectivity index (χ0n) is 11.6. The Hall–Kier alpha value is -1.55. The van der Waals surface area contributed by atoms with E-state index < -0.39 is 0 Å². The molecule has 3 aliphatic rings. The molecule has 1 aromatic carbocycles. The Morgan fingerprint density at radius 3 is 3.05 bits per heavy atom. The van der Waals surface area contributed by atoms with E-state index in [4.69, 9.17) is 4.74 Å². The van der Waals surface area contributed by atoms with Gasteiger partial charge in [-0.15, -0.1) is 0 Å². The van der Waals surface area contributed by atoms with E-state index >= 15 is 0 Å². The van der Waals surface area contributed by atoms with Crippen molar-refractivity contribution in [2.75, 3.05) is 7.11 Å². The molecule has 1 aromatic rings. The second-order valence-electron chi connectivity index (χ2n) is 6.25. The first kappa shape index (κ1) is 12.2. The second-order valence-corrected chi connectivity index (χ2v) is 6.25. The molecule has 3 heterocycles. The molecule has 0 saturated carbocycles. The van der Waals surface area contributed by atoms with E-state index in [-0.39, 0.29) is 17.8 Å². The molecule has 3 aliphatic heterocycles. The molecule has 2 fully saturated rings. The van der Waals surface area contributed by atoms with Gasteiger partial charge in [0.2, 0.25) is 0 Å². The maximum Gasteiger partial charge on any atom is 0.309 e. The lowest BCUT2D eigenvalue weighted by atomic mass is 9.71. The van der Waals surface area contributed by atoms with Crippen LogP contribution >= 0.6 is 0 Å². The van der Waals surface area contributed by atoms with Crippen molar-refractivity contribution in [1.82, 2.24) is 4.90 Å². The average Bonchev–Trinajstić information content (AvgIpc) is 2.72. The minimum atomic E-state index is -0.0947. The monoisotopic (exact) mass is 273 g/mol. The van der Waals surface area contributed by atoms with Crippen molar-refractivity contribution < 1.29 is 14.6 Å². The van der Waals surface area contributed by atoms with Crippen molar-refractivity contribution in [3.8, 4) is 5.75 Å². The molecule has 4 nitrogen and oxygen atoms in total. The molecule has 20 heavy (non-hydrogen) atoms. The van der Waals surface area contributed by atoms with Gasteiger partial charge in [-0.05, 0) is 42.5 Å². The summed E-state index contributed by atoms with van der Waals surface area (Å²) >= 11 is 0. The van der Waals surface area contributed by atoms with E-state index in [0.29, 0.717) is 17.8 Å². The zero-order chi connectivity index (χ0) is 13.9. The molecule has 4 rings (SSSR count). The molecule has 0 spiro atoms. The number of phenolic OH excluding ortho intramolecular Hbond substituents is 1. The summed E-state index contributed by atoms with van der Waals surface area (Å²) in [5, 5.41) is 9.81. The van der Waals surface area contributed by atoms with Crippen LogP contribution in [0.2, 0.25) is 0 Å². The molecule has 0 aliphatic carbocycles. The molecule has 1 unspecified atom stereocenters. The highest BCUT2D eigenvalue weighted by Gasteiger charge is 2.53. The third-order valence-corrected chi connectivity index (χ3v) is 5.41. The standard InChI is InChI=1S/C16H19NO3/c1-20-16(19)13-6-10-3-5-14-15(13)12-7-11(18)4-2-9(12)8-17(10)14/h2,4,7,10,13-15,18H,3,5-6,8H2,1H3/t10-,13+,14-,15+/m1/s1. The lowest BCUT2D eigenvalue weighted by Gasteiger charge is -2.48. The number of hydrogen-bond donors (Lipinski definition) is 1. The highest BCUT2D eigenvalue weighted by Crippen LogP contribution is 2.52. The van der Waals surface area contributed by atoms with Crippen LogP contribution in [0.25, 0.3) is 0 Å². The van der Waals surface area contributed by atoms with Crippen LogP contribution in [0.5, 0.6) is 5.75 Å². The zero-order valence-corrected chi connectivity index (χ0v) is 11.6. The number of benzene rings is 1. The fraction of sp³-hybridized carbons (Fsp3) is 0.562. The number of carbonyl (C=O) groups is 1. The summed E-state index contributed by atoms with van der Waals surface area (Å²) in [4.78, 5) is 14.7. The lowest BCUT2D eigenvalue weighted by Crippen LogP contribution is -2.52. The lowest BCUT2D eigenvalue weighted by molar-refractivity contribution is -0.149. The van der Waals surface area contributed by atoms with E-state index in [1.54, 1.807) is 6.07 Å². The van der Waals surface area contributed by atoms with E-state index in [1.165, 1.54) is 19.1 Å². The molecule has 5 atom stereocenters. The number of phenols is 1. The van der Waals surface area contributed by atoms with Crippen LogP contribution in [0.15, 0.2) is 18.2 Å². The minimum absolute atomic E-state index is 0.0606. The Morgan fingerprint density at radius 1 is 1.40 bits per heavy atom. The van der Waals surface area contributed by atoms with Crippen LogP contribution in [-0.4, -0.2) is 35.2 Å². The molecule has 4 heteroatoms. The number of aromatic hydroxyl groups is 1. The van der Waals surface area contributed by atoms with Gasteiger partial charge in [0.25, 0.3) is 0 Å². The summed E-state index contributed by atoms with van der Waals surface area (Å²) in [6.07, 6.45) is 3.22. The molecule has 2 saturated heterocycles. The van der Waals surface area contributed by atoms with Gasteiger partial charge in [-0.1, -0.05) is 6.07 Å². The molecule has 4 bridgehead atoms. The molecule has 0 aromatic heterocycles. The van der Waals surface area contributed by atoms with E-state index in [1.807, 2.05) is 12.1 Å². The number of ether oxygens (including phenoxy) is 1. The Bertz CT molecular complexity index is 571. The summed E-state index contributed by atoms with van der Waals surface area (Å²) in [5.41, 5.74) is 2.41. The first-order valence-electron chi connectivity index (χ1n) is 7.34. The Kier molecular flexibility index (Phi) is 2.58. The van der Waals surface area contributed by atoms with Gasteiger partial charge < -0.3 is 9.84 Å². The highest BCUT2D eigenvalue weighted by atomic mass is 16.5. The van der Waals surface area contributed by atoms with Crippen molar-refractivity contribution in [3.05, 3.63) is 29.3 Å². The fourth-order valence-corrected chi connectivity index (χ4v) is 4.61. The third-order valence-electron chi connectivity index (χ3n) is 5.41. The van der Waals surface area contributed by atoms with Gasteiger partial charge in [0, 0.05) is 24.5 Å². The van der Waals surface area contributed by atoms with Gasteiger partial charge >= 0.3 is 5.97 Å². The summed E-state index contributed by atoms with van der Waals surface area (Å²) in [6.45, 7) is 0.954. The van der Waals surface area contributed by atoms with E-state index in [9.17, 15) is 9.90 Å². The molecular formula is C16H19NO3. The molecule has 1 N–H and O–H groups in total. The quantitative estimate of drug-likeness (QED) is 0.795. The Labute approximate surface area is 118 Å². The van der Waals surface area contributed by atoms with Gasteiger partial charge in [-0.25, -0.2) is 0 Å². The number of rotatable bonds is 1. The first-order valence-corrected chi connectivity index (χ1v) is 7.34. The van der Waals surface area contributed by atoms with Gasteiger partial charge in [-0.2, -0.15) is 0 Å². The second kappa shape index (κ2) is 4.22. The average molecular weight is 273 g/mol. The highest BCUT2D eigenvalue weighted by molar-refractivity contribution is 5.74. The summed E-state index contributed by atoms with van der Waals surface area (Å²) in [7, 11) is 1.48. The van der Waals surface area contributed by atoms with Crippen LogP contribution in [0.1, 0.15) is 36.3 Å². The molecule has 0 radical (unpaired) electrons. The van der Waals surface area contributed by atoms with Gasteiger partial charge in [0.1, 0.15) is 5.75 Å². The number of carbonyl (C=O) groups excluding carboxylic acids is 1.